The van der Waals surface area contributed by atoms with E-state index in [0.29, 0.717) is 16.7 Å². The molecule has 0 spiro atoms. The first-order valence-electron chi connectivity index (χ1n) is 9.70. The molecule has 7 nitrogen and oxygen atoms in total. The Balaban J connectivity index is 2.16. The van der Waals surface area contributed by atoms with Gasteiger partial charge in [0.25, 0.3) is 0 Å². The van der Waals surface area contributed by atoms with Gasteiger partial charge >= 0.3 is 11.9 Å². The maximum atomic E-state index is 13.0. The normalized spacial score (nSPS) is 11.0. The third kappa shape index (κ3) is 4.29. The molecule has 0 N–H and O–H groups in total. The van der Waals surface area contributed by atoms with Crippen LogP contribution < -0.4 is 5.43 Å². The van der Waals surface area contributed by atoms with Crippen LogP contribution in [0.25, 0.3) is 22.1 Å². The van der Waals surface area contributed by atoms with Crippen LogP contribution in [0.1, 0.15) is 48.8 Å². The van der Waals surface area contributed by atoms with Crippen molar-refractivity contribution in [2.45, 2.75) is 40.0 Å². The predicted octanol–water partition coefficient (Wildman–Crippen LogP) is 3.58. The smallest absolute Gasteiger partial charge is 0.340 e. The van der Waals surface area contributed by atoms with Crippen LogP contribution in [0.15, 0.2) is 33.5 Å². The Morgan fingerprint density at radius 1 is 1.03 bits per heavy atom. The molecule has 3 aromatic rings. The zero-order valence-corrected chi connectivity index (χ0v) is 16.7. The Morgan fingerprint density at radius 3 is 2.48 bits per heavy atom. The Hall–Kier alpha value is -3.22. The largest absolute Gasteiger partial charge is 0.466 e. The van der Waals surface area contributed by atoms with Gasteiger partial charge in [0, 0.05) is 6.42 Å². The van der Waals surface area contributed by atoms with Crippen molar-refractivity contribution in [3.63, 3.8) is 0 Å². The number of aryl methyl sites for hydroxylation is 2. The highest BCUT2D eigenvalue weighted by atomic mass is 16.5. The molecule has 7 heteroatoms. The van der Waals surface area contributed by atoms with Crippen molar-refractivity contribution in [1.29, 1.82) is 0 Å². The minimum absolute atomic E-state index is 0.0520. The fourth-order valence-electron chi connectivity index (χ4n) is 3.12. The molecule has 2 heterocycles. The van der Waals surface area contributed by atoms with Gasteiger partial charge in [-0.3, -0.25) is 9.59 Å². The van der Waals surface area contributed by atoms with E-state index >= 15 is 0 Å². The average Bonchev–Trinajstić information content (AvgIpc) is 2.72. The van der Waals surface area contributed by atoms with Crippen molar-refractivity contribution in [3.05, 3.63) is 51.3 Å². The highest BCUT2D eigenvalue weighted by molar-refractivity contribution is 5.96. The molecule has 0 aliphatic heterocycles. The standard InChI is InChI=1S/C22H23NO6/c1-4-13-7-9-18-15(11-13)20(25)16-12-14(22(26)28-6-3)17(23-21(16)29-18)8-10-19(24)27-5-2/h7,9,11-12H,4-6,8,10H2,1-3H3. The number of rotatable bonds is 7. The number of carbonyl (C=O) groups is 2. The number of fused-ring (bicyclic) bond motifs is 2. The molecule has 0 fully saturated rings. The molecule has 0 aliphatic rings. The summed E-state index contributed by atoms with van der Waals surface area (Å²) < 4.78 is 15.9. The summed E-state index contributed by atoms with van der Waals surface area (Å²) in [4.78, 5) is 41.6. The lowest BCUT2D eigenvalue weighted by Crippen LogP contribution is -2.14. The number of carbonyl (C=O) groups excluding carboxylic acids is 2. The van der Waals surface area contributed by atoms with Gasteiger partial charge in [-0.25, -0.2) is 9.78 Å². The number of hydrogen-bond donors (Lipinski definition) is 0. The number of ether oxygens (including phenoxy) is 2. The van der Waals surface area contributed by atoms with Crippen LogP contribution in [-0.4, -0.2) is 30.1 Å². The van der Waals surface area contributed by atoms with Crippen LogP contribution in [0.2, 0.25) is 0 Å². The summed E-state index contributed by atoms with van der Waals surface area (Å²) >= 11 is 0. The van der Waals surface area contributed by atoms with Crippen LogP contribution >= 0.6 is 0 Å². The van der Waals surface area contributed by atoms with Crippen LogP contribution in [0.4, 0.5) is 0 Å². The number of esters is 2. The SMILES string of the molecule is CCOC(=O)CCc1nc2oc3ccc(CC)cc3c(=O)c2cc1C(=O)OCC. The van der Waals surface area contributed by atoms with Gasteiger partial charge in [-0.05, 0) is 44.0 Å². The summed E-state index contributed by atoms with van der Waals surface area (Å²) in [5.41, 5.74) is 1.78. The molecule has 2 aromatic heterocycles. The first-order chi connectivity index (χ1) is 14.0. The van der Waals surface area contributed by atoms with E-state index < -0.39 is 11.9 Å². The Bertz CT molecular complexity index is 1130. The molecular formula is C22H23NO6. The summed E-state index contributed by atoms with van der Waals surface area (Å²) in [6.07, 6.45) is 1.00. The Kier molecular flexibility index (Phi) is 6.26. The summed E-state index contributed by atoms with van der Waals surface area (Å²) in [6, 6.07) is 6.88. The van der Waals surface area contributed by atoms with Gasteiger partial charge in [-0.15, -0.1) is 0 Å². The molecule has 0 saturated heterocycles. The lowest BCUT2D eigenvalue weighted by atomic mass is 10.0. The average molecular weight is 397 g/mol. The molecule has 0 unspecified atom stereocenters. The van der Waals surface area contributed by atoms with Crippen molar-refractivity contribution in [3.8, 4) is 0 Å². The molecule has 0 saturated carbocycles. The highest BCUT2D eigenvalue weighted by Crippen LogP contribution is 2.22. The van der Waals surface area contributed by atoms with E-state index in [1.807, 2.05) is 13.0 Å². The second-order valence-electron chi connectivity index (χ2n) is 6.48. The predicted molar refractivity (Wildman–Crippen MR) is 108 cm³/mol. The number of benzene rings is 1. The number of hydrogen-bond acceptors (Lipinski definition) is 7. The highest BCUT2D eigenvalue weighted by Gasteiger charge is 2.20. The fourth-order valence-corrected chi connectivity index (χ4v) is 3.12. The minimum Gasteiger partial charge on any atom is -0.466 e. The van der Waals surface area contributed by atoms with E-state index in [1.165, 1.54) is 6.07 Å². The first-order valence-corrected chi connectivity index (χ1v) is 9.70. The monoisotopic (exact) mass is 397 g/mol. The lowest BCUT2D eigenvalue weighted by Gasteiger charge is -2.10. The molecule has 0 radical (unpaired) electrons. The van der Waals surface area contributed by atoms with E-state index in [2.05, 4.69) is 4.98 Å². The van der Waals surface area contributed by atoms with Gasteiger partial charge in [0.1, 0.15) is 5.58 Å². The topological polar surface area (TPSA) is 95.7 Å². The van der Waals surface area contributed by atoms with Crippen molar-refractivity contribution in [2.75, 3.05) is 13.2 Å². The van der Waals surface area contributed by atoms with Crippen molar-refractivity contribution >= 4 is 34.0 Å². The maximum Gasteiger partial charge on any atom is 0.340 e. The van der Waals surface area contributed by atoms with E-state index in [0.717, 1.165) is 12.0 Å². The lowest BCUT2D eigenvalue weighted by molar-refractivity contribution is -0.143. The van der Waals surface area contributed by atoms with E-state index in [4.69, 9.17) is 13.9 Å². The van der Waals surface area contributed by atoms with E-state index in [-0.39, 0.29) is 48.1 Å². The molecule has 0 bridgehead atoms. The van der Waals surface area contributed by atoms with Gasteiger partial charge in [0.15, 0.2) is 0 Å². The molecule has 1 aromatic carbocycles. The van der Waals surface area contributed by atoms with Crippen molar-refractivity contribution in [1.82, 2.24) is 4.98 Å². The van der Waals surface area contributed by atoms with Crippen LogP contribution in [0, 0.1) is 0 Å². The summed E-state index contributed by atoms with van der Waals surface area (Å²) in [5.74, 6) is -0.987. The zero-order valence-electron chi connectivity index (χ0n) is 16.7. The maximum absolute atomic E-state index is 13.0. The molecule has 152 valence electrons. The van der Waals surface area contributed by atoms with Crippen LogP contribution in [0.5, 0.6) is 0 Å². The molecule has 29 heavy (non-hydrogen) atoms. The molecule has 0 aliphatic carbocycles. The van der Waals surface area contributed by atoms with Gasteiger partial charge in [-0.2, -0.15) is 0 Å². The number of nitrogens with zero attached hydrogens (tertiary/aromatic N) is 1. The third-order valence-electron chi connectivity index (χ3n) is 4.58. The number of pyridine rings is 1. The van der Waals surface area contributed by atoms with E-state index in [9.17, 15) is 14.4 Å². The van der Waals surface area contributed by atoms with Gasteiger partial charge in [0.05, 0.1) is 41.7 Å². The molecule has 0 amide bonds. The molecule has 3 rings (SSSR count). The third-order valence-corrected chi connectivity index (χ3v) is 4.58. The Labute approximate surface area is 167 Å². The summed E-state index contributed by atoms with van der Waals surface area (Å²) in [6.45, 7) is 5.87. The van der Waals surface area contributed by atoms with E-state index in [1.54, 1.807) is 26.0 Å². The fraction of sp³-hybridized carbons (Fsp3) is 0.364. The van der Waals surface area contributed by atoms with Gasteiger partial charge in [-0.1, -0.05) is 13.0 Å². The second kappa shape index (κ2) is 8.86. The Morgan fingerprint density at radius 2 is 1.79 bits per heavy atom. The first kappa shape index (κ1) is 20.5. The van der Waals surface area contributed by atoms with Crippen LogP contribution in [-0.2, 0) is 27.1 Å². The molecule has 0 atom stereocenters. The van der Waals surface area contributed by atoms with Crippen LogP contribution in [0.3, 0.4) is 0 Å². The quantitative estimate of drug-likeness (QED) is 0.444. The van der Waals surface area contributed by atoms with Gasteiger partial charge < -0.3 is 13.9 Å². The zero-order chi connectivity index (χ0) is 21.0. The van der Waals surface area contributed by atoms with Crippen molar-refractivity contribution in [2.24, 2.45) is 0 Å². The minimum atomic E-state index is -0.595. The summed E-state index contributed by atoms with van der Waals surface area (Å²) in [5, 5.41) is 0.640. The molecular weight excluding hydrogens is 374 g/mol. The summed E-state index contributed by atoms with van der Waals surface area (Å²) in [7, 11) is 0. The van der Waals surface area contributed by atoms with Crippen molar-refractivity contribution < 1.29 is 23.5 Å². The number of aromatic nitrogens is 1. The second-order valence-corrected chi connectivity index (χ2v) is 6.48. The van der Waals surface area contributed by atoms with Gasteiger partial charge in [0.2, 0.25) is 11.1 Å².